The van der Waals surface area contributed by atoms with Crippen molar-refractivity contribution in [3.8, 4) is 17.0 Å². The lowest BCUT2D eigenvalue weighted by atomic mass is 10.1. The molecular weight excluding hydrogens is 408 g/mol. The second-order valence-electron chi connectivity index (χ2n) is 8.31. The van der Waals surface area contributed by atoms with Crippen LogP contribution in [-0.4, -0.2) is 45.1 Å². The Kier molecular flexibility index (Phi) is 5.44. The van der Waals surface area contributed by atoms with Gasteiger partial charge in [-0.1, -0.05) is 19.1 Å². The van der Waals surface area contributed by atoms with Crippen molar-refractivity contribution < 1.29 is 8.95 Å². The molecule has 0 radical (unpaired) electrons. The van der Waals surface area contributed by atoms with Crippen molar-refractivity contribution in [2.24, 2.45) is 17.8 Å². The highest BCUT2D eigenvalue weighted by Gasteiger charge is 2.56. The monoisotopic (exact) mass is 434 g/mol. The molecule has 1 saturated carbocycles. The van der Waals surface area contributed by atoms with Gasteiger partial charge in [-0.2, -0.15) is 0 Å². The minimum Gasteiger partial charge on any atom is -0.492 e. The first-order chi connectivity index (χ1) is 15.1. The largest absolute Gasteiger partial charge is 0.492 e. The van der Waals surface area contributed by atoms with Gasteiger partial charge in [0.05, 0.1) is 18.5 Å². The van der Waals surface area contributed by atoms with Crippen LogP contribution in [0.3, 0.4) is 0 Å². The van der Waals surface area contributed by atoms with Crippen LogP contribution in [0.25, 0.3) is 11.3 Å². The van der Waals surface area contributed by atoms with Gasteiger partial charge < -0.3 is 9.64 Å². The third kappa shape index (κ3) is 4.19. The summed E-state index contributed by atoms with van der Waals surface area (Å²) < 4.78 is 17.6. The number of aryl methyl sites for hydroxylation is 1. The molecule has 160 valence electrons. The zero-order chi connectivity index (χ0) is 21.4. The first-order valence-corrected chi connectivity index (χ1v) is 12.3. The summed E-state index contributed by atoms with van der Waals surface area (Å²) in [6.45, 7) is 4.88. The maximum atomic E-state index is 11.5. The molecule has 4 atom stereocenters. The second-order valence-corrected chi connectivity index (χ2v) is 9.69. The van der Waals surface area contributed by atoms with E-state index in [1.807, 2.05) is 48.8 Å². The Bertz CT molecular complexity index is 1060. The number of benzene rings is 1. The number of fused-ring (bicyclic) bond motifs is 1. The summed E-state index contributed by atoms with van der Waals surface area (Å²) in [5, 5.41) is 0. The molecule has 0 amide bonds. The quantitative estimate of drug-likeness (QED) is 0.566. The lowest BCUT2D eigenvalue weighted by Gasteiger charge is -2.19. The van der Waals surface area contributed by atoms with Crippen molar-refractivity contribution >= 4 is 16.7 Å². The second kappa shape index (κ2) is 8.38. The molecule has 3 unspecified atom stereocenters. The van der Waals surface area contributed by atoms with Crippen molar-refractivity contribution in [2.75, 3.05) is 30.9 Å². The van der Waals surface area contributed by atoms with Gasteiger partial charge in [0.25, 0.3) is 0 Å². The van der Waals surface area contributed by atoms with Crippen LogP contribution in [0.4, 0.5) is 5.95 Å². The van der Waals surface area contributed by atoms with Crippen molar-refractivity contribution in [2.45, 2.75) is 18.2 Å². The number of aromatic nitrogens is 3. The Morgan fingerprint density at radius 1 is 1.00 bits per heavy atom. The molecule has 0 spiro atoms. The summed E-state index contributed by atoms with van der Waals surface area (Å²) in [6, 6.07) is 11.6. The SMILES string of the molecule is CCc1cnc(N2CC3C(COc4ccc(-c5ccc(S(C)=O)cc5)nc4)[C@@H]3C2)nc1. The fourth-order valence-electron chi connectivity index (χ4n) is 4.40. The fourth-order valence-corrected chi connectivity index (χ4v) is 4.92. The van der Waals surface area contributed by atoms with Gasteiger partial charge in [0.1, 0.15) is 5.75 Å². The molecular formula is C24H26N4O2S. The molecule has 1 aliphatic carbocycles. The van der Waals surface area contributed by atoms with Gasteiger partial charge in [0.2, 0.25) is 5.95 Å². The molecule has 2 fully saturated rings. The molecule has 3 aromatic rings. The third-order valence-electron chi connectivity index (χ3n) is 6.41. The minimum atomic E-state index is -0.966. The molecule has 7 heteroatoms. The Hall–Kier alpha value is -2.80. The Morgan fingerprint density at radius 3 is 2.29 bits per heavy atom. The van der Waals surface area contributed by atoms with Crippen molar-refractivity contribution in [1.82, 2.24) is 15.0 Å². The van der Waals surface area contributed by atoms with Gasteiger partial charge in [-0.3, -0.25) is 9.19 Å². The molecule has 6 nitrogen and oxygen atoms in total. The van der Waals surface area contributed by atoms with E-state index in [1.165, 1.54) is 5.56 Å². The standard InChI is InChI=1S/C24H26N4O2S/c1-3-16-10-26-24(27-11-16)28-13-20-21(14-28)22(20)15-30-18-6-9-23(25-12-18)17-4-7-19(8-5-17)31(2)29/h4-12,20-22H,3,13-15H2,1-2H3/t20-,21?,22?,31?/m1/s1. The van der Waals surface area contributed by atoms with Crippen LogP contribution < -0.4 is 9.64 Å². The topological polar surface area (TPSA) is 68.2 Å². The summed E-state index contributed by atoms with van der Waals surface area (Å²) in [4.78, 5) is 16.7. The van der Waals surface area contributed by atoms with E-state index in [1.54, 1.807) is 12.5 Å². The number of anilines is 1. The maximum Gasteiger partial charge on any atom is 0.225 e. The van der Waals surface area contributed by atoms with Crippen LogP contribution in [0, 0.1) is 17.8 Å². The molecule has 1 saturated heterocycles. The number of pyridine rings is 1. The minimum absolute atomic E-state index is 0.605. The van der Waals surface area contributed by atoms with E-state index in [-0.39, 0.29) is 0 Å². The third-order valence-corrected chi connectivity index (χ3v) is 7.35. The number of rotatable bonds is 7. The van der Waals surface area contributed by atoms with Crippen LogP contribution in [0.5, 0.6) is 5.75 Å². The maximum absolute atomic E-state index is 11.5. The van der Waals surface area contributed by atoms with Crippen molar-refractivity contribution in [1.29, 1.82) is 0 Å². The zero-order valence-corrected chi connectivity index (χ0v) is 18.6. The van der Waals surface area contributed by atoms with Crippen LogP contribution in [0.1, 0.15) is 12.5 Å². The Labute approximate surface area is 185 Å². The highest BCUT2D eigenvalue weighted by Crippen LogP contribution is 2.52. The van der Waals surface area contributed by atoms with E-state index >= 15 is 0 Å². The van der Waals surface area contributed by atoms with Crippen molar-refractivity contribution in [3.05, 3.63) is 60.6 Å². The normalized spacial score (nSPS) is 22.8. The summed E-state index contributed by atoms with van der Waals surface area (Å²) in [5.41, 5.74) is 3.06. The zero-order valence-electron chi connectivity index (χ0n) is 17.8. The lowest BCUT2D eigenvalue weighted by molar-refractivity contribution is 0.282. The smallest absolute Gasteiger partial charge is 0.225 e. The lowest BCUT2D eigenvalue weighted by Crippen LogP contribution is -2.27. The highest BCUT2D eigenvalue weighted by atomic mass is 32.2. The van der Waals surface area contributed by atoms with Gasteiger partial charge in [-0.25, -0.2) is 9.97 Å². The van der Waals surface area contributed by atoms with Crippen molar-refractivity contribution in [3.63, 3.8) is 0 Å². The number of piperidine rings is 1. The molecule has 2 aliphatic rings. The van der Waals surface area contributed by atoms with Gasteiger partial charge in [0.15, 0.2) is 0 Å². The summed E-state index contributed by atoms with van der Waals surface area (Å²) in [5.74, 6) is 3.60. The van der Waals surface area contributed by atoms with Gasteiger partial charge >= 0.3 is 0 Å². The van der Waals surface area contributed by atoms with Gasteiger partial charge in [-0.05, 0) is 48.1 Å². The first-order valence-electron chi connectivity index (χ1n) is 10.7. The average Bonchev–Trinajstić information content (AvgIpc) is 3.26. The van der Waals surface area contributed by atoms with E-state index in [0.29, 0.717) is 17.8 Å². The molecule has 2 aromatic heterocycles. The highest BCUT2D eigenvalue weighted by molar-refractivity contribution is 7.84. The van der Waals surface area contributed by atoms with E-state index < -0.39 is 10.8 Å². The number of nitrogens with zero attached hydrogens (tertiary/aromatic N) is 4. The first kappa shape index (κ1) is 20.1. The molecule has 0 N–H and O–H groups in total. The molecule has 1 aliphatic heterocycles. The van der Waals surface area contributed by atoms with Crippen LogP contribution in [0.15, 0.2) is 59.9 Å². The van der Waals surface area contributed by atoms with Gasteiger partial charge in [-0.15, -0.1) is 0 Å². The summed E-state index contributed by atoms with van der Waals surface area (Å²) >= 11 is 0. The average molecular weight is 435 g/mol. The number of hydrogen-bond donors (Lipinski definition) is 0. The number of hydrogen-bond acceptors (Lipinski definition) is 6. The van der Waals surface area contributed by atoms with Gasteiger partial charge in [0, 0.05) is 58.9 Å². The fraction of sp³-hybridized carbons (Fsp3) is 0.375. The van der Waals surface area contributed by atoms with Crippen LogP contribution in [-0.2, 0) is 17.2 Å². The molecule has 31 heavy (non-hydrogen) atoms. The Morgan fingerprint density at radius 2 is 1.71 bits per heavy atom. The summed E-state index contributed by atoms with van der Waals surface area (Å²) in [7, 11) is -0.966. The predicted octanol–water partition coefficient (Wildman–Crippen LogP) is 3.60. The van der Waals surface area contributed by atoms with E-state index in [2.05, 4.69) is 26.8 Å². The summed E-state index contributed by atoms with van der Waals surface area (Å²) in [6.07, 6.45) is 8.30. The van der Waals surface area contributed by atoms with Crippen LogP contribution >= 0.6 is 0 Å². The van der Waals surface area contributed by atoms with E-state index in [9.17, 15) is 4.21 Å². The van der Waals surface area contributed by atoms with E-state index in [0.717, 1.165) is 54.0 Å². The molecule has 1 aromatic carbocycles. The van der Waals surface area contributed by atoms with Crippen LogP contribution in [0.2, 0.25) is 0 Å². The molecule has 0 bridgehead atoms. The molecule has 3 heterocycles. The Balaban J connectivity index is 1.12. The predicted molar refractivity (Wildman–Crippen MR) is 122 cm³/mol. The van der Waals surface area contributed by atoms with E-state index in [4.69, 9.17) is 4.74 Å². The number of ether oxygens (including phenoxy) is 1. The molecule has 5 rings (SSSR count).